The number of anilines is 1. The van der Waals surface area contributed by atoms with Gasteiger partial charge in [0.1, 0.15) is 28.9 Å². The predicted molar refractivity (Wildman–Crippen MR) is 171 cm³/mol. The summed E-state index contributed by atoms with van der Waals surface area (Å²) in [4.78, 5) is 19.0. The molecule has 0 amide bonds. The van der Waals surface area contributed by atoms with Gasteiger partial charge in [-0.25, -0.2) is 8.78 Å². The average molecular weight is 625 g/mol. The van der Waals surface area contributed by atoms with Crippen molar-refractivity contribution in [1.82, 2.24) is 24.8 Å². The summed E-state index contributed by atoms with van der Waals surface area (Å²) < 4.78 is 33.9. The Morgan fingerprint density at radius 1 is 1.11 bits per heavy atom. The molecule has 0 spiro atoms. The number of phenolic OH excluding ortho intramolecular Hbond substituents is 1. The van der Waals surface area contributed by atoms with Crippen LogP contribution in [0.15, 0.2) is 36.5 Å². The van der Waals surface area contributed by atoms with E-state index in [1.54, 1.807) is 35.2 Å². The summed E-state index contributed by atoms with van der Waals surface area (Å²) in [5.41, 5.74) is 0.983. The Labute approximate surface area is 266 Å². The predicted octanol–water partition coefficient (Wildman–Crippen LogP) is 5.01. The van der Waals surface area contributed by atoms with Crippen LogP contribution in [0.25, 0.3) is 32.9 Å². The van der Waals surface area contributed by atoms with Crippen molar-refractivity contribution < 1.29 is 18.6 Å². The summed E-state index contributed by atoms with van der Waals surface area (Å²) in [5, 5.41) is 28.5. The molecule has 12 heteroatoms. The van der Waals surface area contributed by atoms with Crippen molar-refractivity contribution in [3.05, 3.63) is 47.9 Å². The summed E-state index contributed by atoms with van der Waals surface area (Å²) in [6, 6.07) is 10.7. The lowest BCUT2D eigenvalue weighted by Gasteiger charge is -2.33. The van der Waals surface area contributed by atoms with E-state index >= 15 is 4.39 Å². The van der Waals surface area contributed by atoms with Gasteiger partial charge < -0.3 is 19.6 Å². The lowest BCUT2D eigenvalue weighted by Crippen LogP contribution is -2.44. The Balaban J connectivity index is 0.000000290. The lowest BCUT2D eigenvalue weighted by atomic mass is 9.96. The van der Waals surface area contributed by atoms with Crippen LogP contribution >= 0.6 is 0 Å². The Bertz CT molecular complexity index is 1850. The summed E-state index contributed by atoms with van der Waals surface area (Å²) >= 11 is 0. The number of methoxy groups -OCH3 is 1. The number of nitriles is 2. The first kappa shape index (κ1) is 32.2. The number of nitrogens with zero attached hydrogens (tertiary/aromatic N) is 8. The third-order valence-corrected chi connectivity index (χ3v) is 8.38. The number of rotatable bonds is 3. The summed E-state index contributed by atoms with van der Waals surface area (Å²) in [6.45, 7) is 5.42. The molecule has 0 saturated carbocycles. The smallest absolute Gasteiger partial charge is 0.318 e. The van der Waals surface area contributed by atoms with Crippen molar-refractivity contribution in [2.75, 3.05) is 51.3 Å². The molecule has 3 aliphatic heterocycles. The normalized spacial score (nSPS) is 18.8. The van der Waals surface area contributed by atoms with E-state index in [1.165, 1.54) is 39.1 Å². The number of ether oxygens (including phenoxy) is 1. The molecule has 10 nitrogen and oxygen atoms in total. The van der Waals surface area contributed by atoms with Gasteiger partial charge in [0.05, 0.1) is 18.6 Å². The molecule has 2 aromatic heterocycles. The average Bonchev–Trinajstić information content (AvgIpc) is 3.65. The fourth-order valence-electron chi connectivity index (χ4n) is 6.31. The van der Waals surface area contributed by atoms with E-state index in [2.05, 4.69) is 32.0 Å². The van der Waals surface area contributed by atoms with Crippen LogP contribution < -0.4 is 9.64 Å². The number of pyridine rings is 1. The van der Waals surface area contributed by atoms with Crippen LogP contribution in [0.1, 0.15) is 31.7 Å². The lowest BCUT2D eigenvalue weighted by molar-refractivity contribution is 0.292. The molecule has 5 heterocycles. The number of aromatic hydroxyl groups is 1. The first-order valence-electron chi connectivity index (χ1n) is 15.0. The molecule has 236 valence electrons. The van der Waals surface area contributed by atoms with Crippen molar-refractivity contribution in [2.45, 2.75) is 38.4 Å². The molecule has 3 saturated heterocycles. The summed E-state index contributed by atoms with van der Waals surface area (Å²) in [6.07, 6.45) is 12.2. The van der Waals surface area contributed by atoms with Gasteiger partial charge in [-0.15, -0.1) is 6.42 Å². The molecule has 0 aliphatic carbocycles. The van der Waals surface area contributed by atoms with E-state index in [4.69, 9.17) is 21.7 Å². The number of alkyl halides is 1. The molecule has 46 heavy (non-hydrogen) atoms. The first-order valence-corrected chi connectivity index (χ1v) is 15.0. The van der Waals surface area contributed by atoms with Crippen molar-refractivity contribution in [1.29, 1.82) is 10.5 Å². The van der Waals surface area contributed by atoms with E-state index in [1.807, 2.05) is 4.90 Å². The molecule has 1 N–H and O–H groups in total. The molecule has 2 aromatic carbocycles. The van der Waals surface area contributed by atoms with E-state index in [-0.39, 0.29) is 23.0 Å². The van der Waals surface area contributed by atoms with Crippen molar-refractivity contribution in [3.63, 3.8) is 0 Å². The van der Waals surface area contributed by atoms with Crippen molar-refractivity contribution in [2.24, 2.45) is 0 Å². The van der Waals surface area contributed by atoms with Gasteiger partial charge in [0, 0.05) is 68.4 Å². The highest BCUT2D eigenvalue weighted by Gasteiger charge is 2.34. The van der Waals surface area contributed by atoms with Crippen LogP contribution in [-0.2, 0) is 0 Å². The number of piperazine rings is 1. The van der Waals surface area contributed by atoms with E-state index < -0.39 is 12.0 Å². The van der Waals surface area contributed by atoms with Crippen LogP contribution in [0.3, 0.4) is 0 Å². The minimum Gasteiger partial charge on any atom is -0.508 e. The molecule has 3 aliphatic rings. The van der Waals surface area contributed by atoms with Gasteiger partial charge in [-0.3, -0.25) is 9.88 Å². The van der Waals surface area contributed by atoms with Gasteiger partial charge in [-0.05, 0) is 49.4 Å². The second-order valence-corrected chi connectivity index (χ2v) is 11.2. The Kier molecular flexibility index (Phi) is 9.95. The number of fused-ring (bicyclic) bond motifs is 3. The third kappa shape index (κ3) is 6.56. The SMILES string of the molecule is C#Cc1cccc2cc(O)cc(-c3ncc4c(N5CCN(C#N)CC5)nc(OC)nc4c3F)c12.CC#N.FC1CC2CCCN2C1. The number of phenols is 1. The maximum absolute atomic E-state index is 16.0. The van der Waals surface area contributed by atoms with Gasteiger partial charge in [-0.2, -0.15) is 20.5 Å². The highest BCUT2D eigenvalue weighted by molar-refractivity contribution is 6.02. The van der Waals surface area contributed by atoms with Crippen LogP contribution in [-0.4, -0.2) is 88.5 Å². The van der Waals surface area contributed by atoms with Crippen molar-refractivity contribution >= 4 is 27.5 Å². The highest BCUT2D eigenvalue weighted by atomic mass is 19.1. The number of hydrogen-bond donors (Lipinski definition) is 1. The van der Waals surface area contributed by atoms with Crippen LogP contribution in [0, 0.1) is 40.9 Å². The van der Waals surface area contributed by atoms with Crippen LogP contribution in [0.5, 0.6) is 11.8 Å². The molecule has 0 radical (unpaired) electrons. The van der Waals surface area contributed by atoms with Gasteiger partial charge in [-0.1, -0.05) is 18.1 Å². The number of benzene rings is 2. The first-order chi connectivity index (χ1) is 22.3. The van der Waals surface area contributed by atoms with E-state index in [0.717, 1.165) is 13.0 Å². The molecule has 0 bridgehead atoms. The minimum atomic E-state index is -0.672. The van der Waals surface area contributed by atoms with Gasteiger partial charge in [0.15, 0.2) is 12.0 Å². The second kappa shape index (κ2) is 14.2. The monoisotopic (exact) mass is 624 g/mol. The summed E-state index contributed by atoms with van der Waals surface area (Å²) in [7, 11) is 1.42. The fraction of sp³-hybridized carbons (Fsp3) is 0.382. The molecule has 3 fully saturated rings. The Morgan fingerprint density at radius 3 is 2.54 bits per heavy atom. The van der Waals surface area contributed by atoms with Gasteiger partial charge >= 0.3 is 6.01 Å². The second-order valence-electron chi connectivity index (χ2n) is 11.2. The molecular weight excluding hydrogens is 590 g/mol. The minimum absolute atomic E-state index is 0.0112. The van der Waals surface area contributed by atoms with E-state index in [0.29, 0.717) is 71.9 Å². The molecule has 2 unspecified atom stereocenters. The maximum atomic E-state index is 16.0. The van der Waals surface area contributed by atoms with Gasteiger partial charge in [0.2, 0.25) is 0 Å². The summed E-state index contributed by atoms with van der Waals surface area (Å²) in [5.74, 6) is 2.41. The zero-order valence-electron chi connectivity index (χ0n) is 25.7. The standard InChI is InChI=1S/C25H19FN6O2.C7H12FN.C2H3N/c1-3-15-5-4-6-16-11-17(33)12-18(20(15)16)22-21(26)23-19(13-28-22)24(30-25(29-23)34-2)32-9-7-31(14-27)8-10-32;8-6-4-7-2-1-3-9(7)5-6;1-2-3/h1,4-6,11-13,33H,7-10H2,2H3;6-7H,1-5H2;1H3. The zero-order chi connectivity index (χ0) is 32.8. The Morgan fingerprint density at radius 2 is 1.87 bits per heavy atom. The largest absolute Gasteiger partial charge is 0.508 e. The van der Waals surface area contributed by atoms with Crippen LogP contribution in [0.4, 0.5) is 14.6 Å². The maximum Gasteiger partial charge on any atom is 0.318 e. The van der Waals surface area contributed by atoms with Crippen LogP contribution in [0.2, 0.25) is 0 Å². The molecule has 4 aromatic rings. The van der Waals surface area contributed by atoms with E-state index in [9.17, 15) is 9.50 Å². The molecule has 7 rings (SSSR count). The molecule has 2 atom stereocenters. The number of hydrogen-bond acceptors (Lipinski definition) is 10. The Hall–Kier alpha value is -5.25. The number of halogens is 2. The topological polar surface area (TPSA) is 125 Å². The van der Waals surface area contributed by atoms with Gasteiger partial charge in [0.25, 0.3) is 0 Å². The quantitative estimate of drug-likeness (QED) is 0.246. The molecular formula is C34H34F2N8O2. The number of terminal acetylenes is 1. The zero-order valence-corrected chi connectivity index (χ0v) is 25.7. The van der Waals surface area contributed by atoms with Crippen molar-refractivity contribution in [3.8, 4) is 47.6 Å². The fourth-order valence-corrected chi connectivity index (χ4v) is 6.31. The number of aromatic nitrogens is 3. The third-order valence-electron chi connectivity index (χ3n) is 8.38. The highest BCUT2D eigenvalue weighted by Crippen LogP contribution is 2.38.